The van der Waals surface area contributed by atoms with Crippen molar-refractivity contribution < 1.29 is 4.42 Å². The lowest BCUT2D eigenvalue weighted by atomic mass is 9.95. The van der Waals surface area contributed by atoms with Crippen LogP contribution in [0, 0.1) is 0 Å². The number of rotatable bonds is 7. The molecule has 0 atom stereocenters. The Balaban J connectivity index is 0.922. The summed E-state index contributed by atoms with van der Waals surface area (Å²) in [5, 5.41) is 7.41. The lowest BCUT2D eigenvalue weighted by Gasteiger charge is -2.26. The summed E-state index contributed by atoms with van der Waals surface area (Å²) in [7, 11) is 0. The second-order valence-electron chi connectivity index (χ2n) is 15.7. The minimum Gasteiger partial charge on any atom is -0.456 e. The number of nitrogens with zero attached hydrogens (tertiary/aromatic N) is 1. The van der Waals surface area contributed by atoms with Crippen molar-refractivity contribution in [2.45, 2.75) is 0 Å². The van der Waals surface area contributed by atoms with E-state index in [0.717, 1.165) is 50.1 Å². The maximum atomic E-state index is 6.14. The quantitative estimate of drug-likeness (QED) is 0.160. The van der Waals surface area contributed by atoms with E-state index >= 15 is 0 Å². The van der Waals surface area contributed by atoms with E-state index in [2.05, 4.69) is 217 Å². The van der Waals surface area contributed by atoms with Gasteiger partial charge in [0.25, 0.3) is 0 Å². The molecular formula is C58H37NOS. The van der Waals surface area contributed by atoms with Crippen LogP contribution in [0.15, 0.2) is 229 Å². The average molecular weight is 796 g/mol. The Labute approximate surface area is 357 Å². The van der Waals surface area contributed by atoms with Gasteiger partial charge in [-0.3, -0.25) is 0 Å². The molecule has 0 radical (unpaired) electrons. The minimum atomic E-state index is 0.906. The van der Waals surface area contributed by atoms with Crippen molar-refractivity contribution >= 4 is 81.3 Å². The second-order valence-corrected chi connectivity index (χ2v) is 16.7. The molecule has 61 heavy (non-hydrogen) atoms. The number of benzene rings is 10. The molecule has 2 nitrogen and oxygen atoms in total. The topological polar surface area (TPSA) is 16.4 Å². The minimum absolute atomic E-state index is 0.906. The van der Waals surface area contributed by atoms with Gasteiger partial charge in [0.05, 0.1) is 0 Å². The maximum absolute atomic E-state index is 6.14. The average Bonchev–Trinajstić information content (AvgIpc) is 3.91. The zero-order valence-corrected chi connectivity index (χ0v) is 33.9. The number of hydrogen-bond acceptors (Lipinski definition) is 3. The number of thiophene rings is 1. The van der Waals surface area contributed by atoms with Crippen LogP contribution in [-0.2, 0) is 0 Å². The fraction of sp³-hybridized carbons (Fsp3) is 0. The maximum Gasteiger partial charge on any atom is 0.135 e. The van der Waals surface area contributed by atoms with Crippen molar-refractivity contribution in [2.24, 2.45) is 0 Å². The van der Waals surface area contributed by atoms with Crippen molar-refractivity contribution in [3.8, 4) is 44.5 Å². The van der Waals surface area contributed by atoms with Gasteiger partial charge in [-0.1, -0.05) is 158 Å². The number of fused-ring (bicyclic) bond motifs is 7. The molecule has 0 spiro atoms. The summed E-state index contributed by atoms with van der Waals surface area (Å²) in [6, 6.07) is 81.2. The van der Waals surface area contributed by atoms with E-state index in [1.54, 1.807) is 0 Å². The summed E-state index contributed by atoms with van der Waals surface area (Å²) in [4.78, 5) is 2.36. The first-order chi connectivity index (χ1) is 30.2. The smallest absolute Gasteiger partial charge is 0.135 e. The van der Waals surface area contributed by atoms with Gasteiger partial charge in [0, 0.05) is 48.0 Å². The fourth-order valence-corrected chi connectivity index (χ4v) is 10.3. The molecule has 12 aromatic rings. The number of anilines is 3. The van der Waals surface area contributed by atoms with Crippen molar-refractivity contribution in [3.63, 3.8) is 0 Å². The monoisotopic (exact) mass is 795 g/mol. The van der Waals surface area contributed by atoms with Crippen LogP contribution in [-0.4, -0.2) is 0 Å². The molecule has 0 amide bonds. The molecule has 12 rings (SSSR count). The van der Waals surface area contributed by atoms with Crippen LogP contribution in [0.2, 0.25) is 0 Å². The van der Waals surface area contributed by atoms with Gasteiger partial charge in [0.2, 0.25) is 0 Å². The molecule has 0 unspecified atom stereocenters. The van der Waals surface area contributed by atoms with Crippen LogP contribution >= 0.6 is 11.3 Å². The Bertz CT molecular complexity index is 3570. The third-order valence-electron chi connectivity index (χ3n) is 12.1. The molecule has 10 aromatic carbocycles. The molecule has 0 bridgehead atoms. The van der Waals surface area contributed by atoms with Gasteiger partial charge in [0.15, 0.2) is 0 Å². The molecule has 0 saturated carbocycles. The summed E-state index contributed by atoms with van der Waals surface area (Å²) in [5.41, 5.74) is 14.7. The van der Waals surface area contributed by atoms with Gasteiger partial charge >= 0.3 is 0 Å². The molecule has 0 saturated heterocycles. The van der Waals surface area contributed by atoms with E-state index in [-0.39, 0.29) is 0 Å². The second kappa shape index (κ2) is 14.5. The van der Waals surface area contributed by atoms with Gasteiger partial charge in [-0.15, -0.1) is 11.3 Å². The van der Waals surface area contributed by atoms with Crippen LogP contribution < -0.4 is 4.90 Å². The molecule has 0 aliphatic carbocycles. The van der Waals surface area contributed by atoms with Crippen molar-refractivity contribution in [1.29, 1.82) is 0 Å². The van der Waals surface area contributed by atoms with Gasteiger partial charge in [-0.05, 0) is 122 Å². The third-order valence-corrected chi connectivity index (χ3v) is 13.3. The first-order valence-corrected chi connectivity index (χ1v) is 21.5. The van der Waals surface area contributed by atoms with Gasteiger partial charge in [-0.25, -0.2) is 0 Å². The highest BCUT2D eigenvalue weighted by Crippen LogP contribution is 2.43. The zero-order chi connectivity index (χ0) is 40.3. The van der Waals surface area contributed by atoms with E-state index in [4.69, 9.17) is 4.42 Å². The molecule has 2 aromatic heterocycles. The highest BCUT2D eigenvalue weighted by atomic mass is 32.1. The summed E-state index contributed by atoms with van der Waals surface area (Å²) in [6.07, 6.45) is 0. The SMILES string of the molecule is c1cc(-c2ccc(N(c3ccc(-c4ccc5oc6ccccc6c5c4)cc3)c3ccc(-c4cccc5c4sc4ccccc45)cc3)cc2)cc(-c2cccc3ccccc23)c1. The van der Waals surface area contributed by atoms with Gasteiger partial charge < -0.3 is 9.32 Å². The lowest BCUT2D eigenvalue weighted by Crippen LogP contribution is -2.09. The number of para-hydroxylation sites is 1. The van der Waals surface area contributed by atoms with E-state index in [0.29, 0.717) is 0 Å². The van der Waals surface area contributed by atoms with Crippen molar-refractivity contribution in [2.75, 3.05) is 4.90 Å². The molecular weight excluding hydrogens is 759 g/mol. The van der Waals surface area contributed by atoms with Crippen LogP contribution in [0.25, 0.3) is 97.4 Å². The third kappa shape index (κ3) is 6.18. The predicted octanol–water partition coefficient (Wildman–Crippen LogP) is 17.2. The molecule has 0 fully saturated rings. The van der Waals surface area contributed by atoms with Gasteiger partial charge in [-0.2, -0.15) is 0 Å². The highest BCUT2D eigenvalue weighted by molar-refractivity contribution is 7.26. The summed E-state index contributed by atoms with van der Waals surface area (Å²) < 4.78 is 8.78. The first-order valence-electron chi connectivity index (χ1n) is 20.7. The summed E-state index contributed by atoms with van der Waals surface area (Å²) >= 11 is 1.87. The fourth-order valence-electron chi connectivity index (χ4n) is 9.07. The molecule has 0 aliphatic rings. The number of furan rings is 1. The van der Waals surface area contributed by atoms with Crippen LogP contribution in [0.5, 0.6) is 0 Å². The van der Waals surface area contributed by atoms with E-state index in [1.165, 1.54) is 64.3 Å². The Morgan fingerprint density at radius 3 is 1.61 bits per heavy atom. The molecule has 0 aliphatic heterocycles. The van der Waals surface area contributed by atoms with E-state index in [1.807, 2.05) is 23.5 Å². The van der Waals surface area contributed by atoms with E-state index in [9.17, 15) is 0 Å². The van der Waals surface area contributed by atoms with Crippen molar-refractivity contribution in [3.05, 3.63) is 224 Å². The lowest BCUT2D eigenvalue weighted by molar-refractivity contribution is 0.669. The van der Waals surface area contributed by atoms with Crippen LogP contribution in [0.3, 0.4) is 0 Å². The largest absolute Gasteiger partial charge is 0.456 e. The summed E-state index contributed by atoms with van der Waals surface area (Å²) in [6.45, 7) is 0. The Morgan fingerprint density at radius 1 is 0.311 bits per heavy atom. The molecule has 286 valence electrons. The first kappa shape index (κ1) is 35.2. The normalized spacial score (nSPS) is 11.6. The van der Waals surface area contributed by atoms with Crippen LogP contribution in [0.4, 0.5) is 17.1 Å². The molecule has 2 heterocycles. The summed E-state index contributed by atoms with van der Waals surface area (Å²) in [5.74, 6) is 0. The van der Waals surface area contributed by atoms with E-state index < -0.39 is 0 Å². The standard InChI is InChI=1S/C58H37NOS/c1-2-14-48-40(10-1)11-8-17-49(48)44-13-7-12-42(36-44)38-22-29-45(30-23-38)59(46-31-24-39(25-32-46)43-28-35-56-54(37-43)51-15-3-5-20-55(51)60-56)47-33-26-41(27-34-47)50-18-9-19-53-52-16-4-6-21-57(52)61-58(50)53/h1-37H. The molecule has 3 heteroatoms. The Morgan fingerprint density at radius 2 is 0.836 bits per heavy atom. The number of hydrogen-bond donors (Lipinski definition) is 0. The highest BCUT2D eigenvalue weighted by Gasteiger charge is 2.16. The van der Waals surface area contributed by atoms with Gasteiger partial charge in [0.1, 0.15) is 11.2 Å². The van der Waals surface area contributed by atoms with Crippen LogP contribution in [0.1, 0.15) is 0 Å². The predicted molar refractivity (Wildman–Crippen MR) is 261 cm³/mol. The van der Waals surface area contributed by atoms with Crippen molar-refractivity contribution in [1.82, 2.24) is 0 Å². The molecule has 0 N–H and O–H groups in total. The Hall–Kier alpha value is -7.72. The zero-order valence-electron chi connectivity index (χ0n) is 33.1. The Kier molecular flexibility index (Phi) is 8.39.